The summed E-state index contributed by atoms with van der Waals surface area (Å²) in [7, 11) is 0. The number of hydrogen-bond donors (Lipinski definition) is 1. The van der Waals surface area contributed by atoms with Crippen LogP contribution in [-0.2, 0) is 4.79 Å². The molecule has 5 nitrogen and oxygen atoms in total. The molecule has 4 rings (SSSR count). The average Bonchev–Trinajstić information content (AvgIpc) is 3.20. The minimum atomic E-state index is -0.498. The molecule has 1 aliphatic rings. The number of aryl methyl sites for hydroxylation is 1. The number of urea groups is 1. The van der Waals surface area contributed by atoms with Crippen molar-refractivity contribution in [2.45, 2.75) is 6.92 Å². The molecule has 27 heavy (non-hydrogen) atoms. The van der Waals surface area contributed by atoms with E-state index in [2.05, 4.69) is 5.32 Å². The van der Waals surface area contributed by atoms with Crippen LogP contribution < -0.4 is 10.2 Å². The molecular weight excluding hydrogens is 362 g/mol. The van der Waals surface area contributed by atoms with E-state index in [9.17, 15) is 9.59 Å². The molecule has 0 atom stereocenters. The summed E-state index contributed by atoms with van der Waals surface area (Å²) in [6, 6.07) is 18.0. The second kappa shape index (κ2) is 6.78. The van der Waals surface area contributed by atoms with Crippen molar-refractivity contribution < 1.29 is 9.59 Å². The third kappa shape index (κ3) is 3.25. The Hall–Kier alpha value is -3.31. The smallest absolute Gasteiger partial charge is 0.317 e. The van der Waals surface area contributed by atoms with Crippen molar-refractivity contribution in [3.63, 3.8) is 0 Å². The highest BCUT2D eigenvalue weighted by Crippen LogP contribution is 2.25. The molecule has 1 fully saturated rings. The maximum atomic E-state index is 12.8. The fourth-order valence-corrected chi connectivity index (χ4v) is 3.17. The summed E-state index contributed by atoms with van der Waals surface area (Å²) in [6.07, 6.45) is 3.58. The average molecular weight is 378 g/mol. The Kier molecular flexibility index (Phi) is 4.30. The van der Waals surface area contributed by atoms with Gasteiger partial charge in [0.15, 0.2) is 0 Å². The second-order valence-electron chi connectivity index (χ2n) is 6.25. The highest BCUT2D eigenvalue weighted by atomic mass is 35.5. The number of halogens is 1. The first kappa shape index (κ1) is 17.1. The Morgan fingerprint density at radius 2 is 1.74 bits per heavy atom. The molecule has 0 bridgehead atoms. The molecule has 0 radical (unpaired) electrons. The van der Waals surface area contributed by atoms with E-state index >= 15 is 0 Å². The Morgan fingerprint density at radius 1 is 0.963 bits per heavy atom. The number of hydrogen-bond acceptors (Lipinski definition) is 2. The number of nitrogens with zero attached hydrogens (tertiary/aromatic N) is 2. The maximum absolute atomic E-state index is 12.8. The SMILES string of the molecule is Cc1ccc(-n2cccc2/C=C2/NC(=O)N(c3cccc(Cl)c3)C2=O)cc1. The number of amides is 3. The number of benzene rings is 2. The normalized spacial score (nSPS) is 15.5. The first-order valence-electron chi connectivity index (χ1n) is 8.40. The van der Waals surface area contributed by atoms with Crippen molar-refractivity contribution in [2.24, 2.45) is 0 Å². The largest absolute Gasteiger partial charge is 0.333 e. The molecule has 0 saturated carbocycles. The standard InChI is InChI=1S/C21H16ClN3O2/c1-14-7-9-16(10-8-14)24-11-3-6-17(24)13-19-20(26)25(21(27)23-19)18-5-2-4-15(22)12-18/h2-13H,1H3,(H,23,27)/b19-13+. The topological polar surface area (TPSA) is 54.3 Å². The molecule has 6 heteroatoms. The fourth-order valence-electron chi connectivity index (χ4n) is 2.98. The van der Waals surface area contributed by atoms with Crippen molar-refractivity contribution in [3.8, 4) is 5.69 Å². The Bertz CT molecular complexity index is 1070. The van der Waals surface area contributed by atoms with Crippen molar-refractivity contribution in [1.82, 2.24) is 9.88 Å². The highest BCUT2D eigenvalue weighted by molar-refractivity contribution is 6.32. The molecule has 3 aromatic rings. The van der Waals surface area contributed by atoms with Crippen molar-refractivity contribution in [2.75, 3.05) is 4.90 Å². The van der Waals surface area contributed by atoms with Gasteiger partial charge in [-0.15, -0.1) is 0 Å². The predicted molar refractivity (Wildman–Crippen MR) is 106 cm³/mol. The van der Waals surface area contributed by atoms with Gasteiger partial charge >= 0.3 is 6.03 Å². The van der Waals surface area contributed by atoms with Crippen LogP contribution >= 0.6 is 11.6 Å². The van der Waals surface area contributed by atoms with Crippen LogP contribution in [0, 0.1) is 6.92 Å². The quantitative estimate of drug-likeness (QED) is 0.538. The van der Waals surface area contributed by atoms with Gasteiger partial charge in [-0.25, -0.2) is 9.69 Å². The van der Waals surface area contributed by atoms with E-state index in [1.54, 1.807) is 30.3 Å². The monoisotopic (exact) mass is 377 g/mol. The number of imide groups is 1. The van der Waals surface area contributed by atoms with Crippen molar-refractivity contribution >= 4 is 35.3 Å². The lowest BCUT2D eigenvalue weighted by atomic mass is 10.2. The molecule has 2 heterocycles. The van der Waals surface area contributed by atoms with E-state index in [4.69, 9.17) is 11.6 Å². The van der Waals surface area contributed by atoms with Crippen LogP contribution in [0.5, 0.6) is 0 Å². The van der Waals surface area contributed by atoms with Crippen LogP contribution in [-0.4, -0.2) is 16.5 Å². The van der Waals surface area contributed by atoms with Gasteiger partial charge in [0, 0.05) is 22.6 Å². The number of nitrogens with one attached hydrogen (secondary N) is 1. The number of rotatable bonds is 3. The molecule has 3 amide bonds. The zero-order chi connectivity index (χ0) is 19.0. The number of anilines is 1. The fraction of sp³-hybridized carbons (Fsp3) is 0.0476. The van der Waals surface area contributed by atoms with Crippen LogP contribution in [0.25, 0.3) is 11.8 Å². The lowest BCUT2D eigenvalue weighted by Gasteiger charge is -2.11. The zero-order valence-electron chi connectivity index (χ0n) is 14.5. The van der Waals surface area contributed by atoms with E-state index in [0.29, 0.717) is 10.7 Å². The van der Waals surface area contributed by atoms with Crippen LogP contribution in [0.3, 0.4) is 0 Å². The van der Waals surface area contributed by atoms with Gasteiger partial charge in [-0.3, -0.25) is 4.79 Å². The molecule has 1 aliphatic heterocycles. The van der Waals surface area contributed by atoms with Crippen molar-refractivity contribution in [3.05, 3.63) is 88.8 Å². The van der Waals surface area contributed by atoms with Crippen molar-refractivity contribution in [1.29, 1.82) is 0 Å². The number of carbonyl (C=O) groups is 2. The summed E-state index contributed by atoms with van der Waals surface area (Å²) in [5.74, 6) is -0.418. The van der Waals surface area contributed by atoms with Gasteiger partial charge in [0.05, 0.1) is 5.69 Å². The van der Waals surface area contributed by atoms with Crippen LogP contribution in [0.1, 0.15) is 11.3 Å². The third-order valence-corrected chi connectivity index (χ3v) is 4.56. The zero-order valence-corrected chi connectivity index (χ0v) is 15.3. The molecule has 134 valence electrons. The van der Waals surface area contributed by atoms with E-state index < -0.39 is 11.9 Å². The molecule has 1 saturated heterocycles. The van der Waals surface area contributed by atoms with Gasteiger partial charge in [0.2, 0.25) is 0 Å². The molecule has 0 unspecified atom stereocenters. The van der Waals surface area contributed by atoms with E-state index in [1.165, 1.54) is 5.56 Å². The van der Waals surface area contributed by atoms with Gasteiger partial charge in [-0.1, -0.05) is 35.4 Å². The number of carbonyl (C=O) groups excluding carboxylic acids is 2. The third-order valence-electron chi connectivity index (χ3n) is 4.33. The van der Waals surface area contributed by atoms with Gasteiger partial charge in [-0.05, 0) is 55.5 Å². The summed E-state index contributed by atoms with van der Waals surface area (Å²) < 4.78 is 1.95. The Labute approximate surface area is 161 Å². The number of aromatic nitrogens is 1. The van der Waals surface area contributed by atoms with Gasteiger partial charge in [-0.2, -0.15) is 0 Å². The molecular formula is C21H16ClN3O2. The van der Waals surface area contributed by atoms with E-state index in [1.807, 2.05) is 54.1 Å². The summed E-state index contributed by atoms with van der Waals surface area (Å²) in [4.78, 5) is 26.2. The molecule has 0 spiro atoms. The maximum Gasteiger partial charge on any atom is 0.333 e. The minimum absolute atomic E-state index is 0.215. The van der Waals surface area contributed by atoms with Gasteiger partial charge in [0.1, 0.15) is 5.70 Å². The summed E-state index contributed by atoms with van der Waals surface area (Å²) in [5, 5.41) is 3.10. The van der Waals surface area contributed by atoms with Crippen LogP contribution in [0.2, 0.25) is 5.02 Å². The first-order chi connectivity index (χ1) is 13.0. The second-order valence-corrected chi connectivity index (χ2v) is 6.68. The Morgan fingerprint density at radius 3 is 2.48 bits per heavy atom. The molecule has 1 aromatic heterocycles. The van der Waals surface area contributed by atoms with E-state index in [0.717, 1.165) is 16.3 Å². The lowest BCUT2D eigenvalue weighted by molar-refractivity contribution is -0.113. The van der Waals surface area contributed by atoms with Gasteiger partial charge < -0.3 is 9.88 Å². The summed E-state index contributed by atoms with van der Waals surface area (Å²) in [5.41, 5.74) is 3.58. The molecule has 0 aliphatic carbocycles. The van der Waals surface area contributed by atoms with E-state index in [-0.39, 0.29) is 5.70 Å². The first-order valence-corrected chi connectivity index (χ1v) is 8.78. The summed E-state index contributed by atoms with van der Waals surface area (Å²) >= 11 is 5.98. The highest BCUT2D eigenvalue weighted by Gasteiger charge is 2.35. The Balaban J connectivity index is 1.68. The lowest BCUT2D eigenvalue weighted by Crippen LogP contribution is -2.30. The van der Waals surface area contributed by atoms with Crippen LogP contribution in [0.15, 0.2) is 72.6 Å². The molecule has 2 aromatic carbocycles. The van der Waals surface area contributed by atoms with Crippen LogP contribution in [0.4, 0.5) is 10.5 Å². The predicted octanol–water partition coefficient (Wildman–Crippen LogP) is 4.54. The summed E-state index contributed by atoms with van der Waals surface area (Å²) in [6.45, 7) is 2.03. The van der Waals surface area contributed by atoms with Gasteiger partial charge in [0.25, 0.3) is 5.91 Å². The molecule has 1 N–H and O–H groups in total. The minimum Gasteiger partial charge on any atom is -0.317 e.